The monoisotopic (exact) mass is 547 g/mol. The summed E-state index contributed by atoms with van der Waals surface area (Å²) in [5.74, 6) is -1.40. The van der Waals surface area contributed by atoms with Gasteiger partial charge in [-0.3, -0.25) is 13.9 Å². The molecule has 1 aliphatic rings. The van der Waals surface area contributed by atoms with E-state index < -0.39 is 29.3 Å². The second-order valence-electron chi connectivity index (χ2n) is 9.29. The first-order chi connectivity index (χ1) is 18.1. The SMILES string of the molecule is O=C(NC1CCC(Cn2c(=O)n(-c3ccc(F)nc3)c3ccccc32)CC1)c1cc(Cl)cnc1C(F)(F)F. The van der Waals surface area contributed by atoms with Crippen LogP contribution < -0.4 is 11.0 Å². The van der Waals surface area contributed by atoms with E-state index in [1.807, 2.05) is 24.3 Å². The van der Waals surface area contributed by atoms with Crippen molar-refractivity contribution in [1.82, 2.24) is 24.4 Å². The van der Waals surface area contributed by atoms with Gasteiger partial charge in [0, 0.05) is 18.8 Å². The van der Waals surface area contributed by atoms with E-state index in [0.717, 1.165) is 17.8 Å². The maximum atomic E-state index is 13.4. The molecule has 1 amide bonds. The number of rotatable bonds is 5. The van der Waals surface area contributed by atoms with Crippen LogP contribution in [0.3, 0.4) is 0 Å². The minimum absolute atomic E-state index is 0.0621. The number of imidazole rings is 1. The number of halogens is 5. The molecule has 1 fully saturated rings. The van der Waals surface area contributed by atoms with Crippen LogP contribution in [0, 0.1) is 11.9 Å². The summed E-state index contributed by atoms with van der Waals surface area (Å²) in [5.41, 5.74) is -0.315. The fraction of sp³-hybridized carbons (Fsp3) is 0.308. The second-order valence-corrected chi connectivity index (χ2v) is 9.73. The van der Waals surface area contributed by atoms with Crippen molar-refractivity contribution in [2.45, 2.75) is 44.4 Å². The zero-order chi connectivity index (χ0) is 27.0. The fourth-order valence-corrected chi connectivity index (χ4v) is 5.14. The van der Waals surface area contributed by atoms with Gasteiger partial charge >= 0.3 is 11.9 Å². The molecule has 1 aromatic carbocycles. The van der Waals surface area contributed by atoms with Crippen LogP contribution >= 0.6 is 11.6 Å². The molecule has 1 saturated carbocycles. The van der Waals surface area contributed by atoms with Crippen molar-refractivity contribution in [2.24, 2.45) is 5.92 Å². The molecular formula is C26H22ClF4N5O2. The highest BCUT2D eigenvalue weighted by atomic mass is 35.5. The van der Waals surface area contributed by atoms with Gasteiger partial charge in [-0.25, -0.2) is 14.8 Å². The highest BCUT2D eigenvalue weighted by molar-refractivity contribution is 6.30. The van der Waals surface area contributed by atoms with Crippen LogP contribution in [-0.2, 0) is 12.7 Å². The molecule has 7 nitrogen and oxygen atoms in total. The summed E-state index contributed by atoms with van der Waals surface area (Å²) in [5, 5.41) is 2.62. The maximum absolute atomic E-state index is 13.4. The molecular weight excluding hydrogens is 526 g/mol. The number of hydrogen-bond donors (Lipinski definition) is 1. The first kappa shape index (κ1) is 25.9. The van der Waals surface area contributed by atoms with Crippen LogP contribution in [0.2, 0.25) is 5.02 Å². The van der Waals surface area contributed by atoms with Crippen molar-refractivity contribution in [1.29, 1.82) is 0 Å². The van der Waals surface area contributed by atoms with Gasteiger partial charge in [-0.05, 0) is 61.9 Å². The van der Waals surface area contributed by atoms with E-state index in [1.165, 1.54) is 22.9 Å². The number of pyridine rings is 2. The van der Waals surface area contributed by atoms with Crippen LogP contribution in [0.15, 0.2) is 59.7 Å². The summed E-state index contributed by atoms with van der Waals surface area (Å²) < 4.78 is 56.4. The summed E-state index contributed by atoms with van der Waals surface area (Å²) in [6.07, 6.45) is -0.212. The Bertz CT molecular complexity index is 1540. The van der Waals surface area contributed by atoms with Crippen LogP contribution in [0.5, 0.6) is 0 Å². The maximum Gasteiger partial charge on any atom is 0.434 e. The summed E-state index contributed by atoms with van der Waals surface area (Å²) in [4.78, 5) is 33.0. The van der Waals surface area contributed by atoms with Crippen LogP contribution in [0.1, 0.15) is 41.7 Å². The van der Waals surface area contributed by atoms with Crippen LogP contribution in [0.25, 0.3) is 16.7 Å². The van der Waals surface area contributed by atoms with Crippen molar-refractivity contribution < 1.29 is 22.4 Å². The Balaban J connectivity index is 1.30. The molecule has 1 aliphatic carbocycles. The van der Waals surface area contributed by atoms with E-state index in [2.05, 4.69) is 15.3 Å². The summed E-state index contributed by atoms with van der Waals surface area (Å²) >= 11 is 5.79. The Hall–Kier alpha value is -3.73. The van der Waals surface area contributed by atoms with E-state index in [4.69, 9.17) is 11.6 Å². The third-order valence-electron chi connectivity index (χ3n) is 6.80. The van der Waals surface area contributed by atoms with Gasteiger partial charge < -0.3 is 5.32 Å². The predicted molar refractivity (Wildman–Crippen MR) is 133 cm³/mol. The molecule has 38 heavy (non-hydrogen) atoms. The number of benzene rings is 1. The van der Waals surface area contributed by atoms with E-state index in [1.54, 1.807) is 4.57 Å². The van der Waals surface area contributed by atoms with E-state index in [0.29, 0.717) is 43.4 Å². The van der Waals surface area contributed by atoms with Gasteiger partial charge in [-0.1, -0.05) is 23.7 Å². The molecule has 4 aromatic rings. The Morgan fingerprint density at radius 1 is 1.03 bits per heavy atom. The minimum atomic E-state index is -4.79. The number of carbonyl (C=O) groups excluding carboxylic acids is 1. The number of para-hydroxylation sites is 2. The highest BCUT2D eigenvalue weighted by Crippen LogP contribution is 2.32. The molecule has 0 spiro atoms. The Morgan fingerprint density at radius 3 is 2.39 bits per heavy atom. The molecule has 0 bridgehead atoms. The van der Waals surface area contributed by atoms with Crippen LogP contribution in [0.4, 0.5) is 17.6 Å². The van der Waals surface area contributed by atoms with Gasteiger partial charge in [-0.15, -0.1) is 0 Å². The van der Waals surface area contributed by atoms with Crippen molar-refractivity contribution in [3.05, 3.63) is 87.6 Å². The number of alkyl halides is 3. The van der Waals surface area contributed by atoms with Crippen molar-refractivity contribution in [2.75, 3.05) is 0 Å². The lowest BCUT2D eigenvalue weighted by Gasteiger charge is -2.29. The highest BCUT2D eigenvalue weighted by Gasteiger charge is 2.38. The third kappa shape index (κ3) is 5.15. The average molecular weight is 548 g/mol. The largest absolute Gasteiger partial charge is 0.434 e. The van der Waals surface area contributed by atoms with Gasteiger partial charge in [0.1, 0.15) is 0 Å². The Morgan fingerprint density at radius 2 is 1.74 bits per heavy atom. The molecule has 1 N–H and O–H groups in total. The smallest absolute Gasteiger partial charge is 0.349 e. The average Bonchev–Trinajstić information content (AvgIpc) is 3.16. The minimum Gasteiger partial charge on any atom is -0.349 e. The normalized spacial score (nSPS) is 18.0. The van der Waals surface area contributed by atoms with Crippen molar-refractivity contribution in [3.8, 4) is 5.69 Å². The van der Waals surface area contributed by atoms with Gasteiger partial charge in [0.2, 0.25) is 5.95 Å². The van der Waals surface area contributed by atoms with E-state index >= 15 is 0 Å². The number of hydrogen-bond acceptors (Lipinski definition) is 4. The second kappa shape index (κ2) is 10.2. The quantitative estimate of drug-likeness (QED) is 0.269. The van der Waals surface area contributed by atoms with Gasteiger partial charge in [0.15, 0.2) is 5.69 Å². The predicted octanol–water partition coefficient (Wildman–Crippen LogP) is 5.38. The molecule has 3 heterocycles. The Labute approximate surface area is 219 Å². The van der Waals surface area contributed by atoms with Crippen molar-refractivity contribution in [3.63, 3.8) is 0 Å². The summed E-state index contributed by atoms with van der Waals surface area (Å²) in [6.45, 7) is 0.429. The van der Waals surface area contributed by atoms with Crippen LogP contribution in [-0.4, -0.2) is 31.1 Å². The fourth-order valence-electron chi connectivity index (χ4n) is 4.98. The molecule has 198 valence electrons. The molecule has 0 aliphatic heterocycles. The number of carbonyl (C=O) groups is 1. The number of nitrogens with zero attached hydrogens (tertiary/aromatic N) is 4. The lowest BCUT2D eigenvalue weighted by molar-refractivity contribution is -0.141. The molecule has 3 aromatic heterocycles. The van der Waals surface area contributed by atoms with Crippen molar-refractivity contribution >= 4 is 28.5 Å². The molecule has 0 saturated heterocycles. The molecule has 12 heteroatoms. The lowest BCUT2D eigenvalue weighted by atomic mass is 9.85. The van der Waals surface area contributed by atoms with E-state index in [9.17, 15) is 27.2 Å². The topological polar surface area (TPSA) is 81.8 Å². The molecule has 5 rings (SSSR count). The lowest BCUT2D eigenvalue weighted by Crippen LogP contribution is -2.39. The number of amides is 1. The summed E-state index contributed by atoms with van der Waals surface area (Å²) in [7, 11) is 0. The summed E-state index contributed by atoms with van der Waals surface area (Å²) in [6, 6.07) is 10.6. The number of nitrogens with one attached hydrogen (secondary N) is 1. The number of aromatic nitrogens is 4. The van der Waals surface area contributed by atoms with E-state index in [-0.39, 0.29) is 22.7 Å². The van der Waals surface area contributed by atoms with Gasteiger partial charge in [0.05, 0.1) is 33.5 Å². The third-order valence-corrected chi connectivity index (χ3v) is 7.00. The van der Waals surface area contributed by atoms with Gasteiger partial charge in [-0.2, -0.15) is 17.6 Å². The standard InChI is InChI=1S/C26H22ClF4N5O2/c27-16-11-19(23(33-12-16)26(29,30)31)24(37)34-17-7-5-15(6-8-17)14-35-20-3-1-2-4-21(20)36(25(35)38)18-9-10-22(28)32-13-18/h1-4,9-13,15,17H,5-8,14H2,(H,34,37). The zero-order valence-corrected chi connectivity index (χ0v) is 20.6. The first-order valence-corrected chi connectivity index (χ1v) is 12.4. The molecule has 0 atom stereocenters. The first-order valence-electron chi connectivity index (χ1n) is 12.0. The Kier molecular flexibility index (Phi) is 6.95. The molecule has 0 radical (unpaired) electrons. The molecule has 0 unspecified atom stereocenters. The zero-order valence-electron chi connectivity index (χ0n) is 19.9. The number of fused-ring (bicyclic) bond motifs is 1. The van der Waals surface area contributed by atoms with Gasteiger partial charge in [0.25, 0.3) is 5.91 Å².